The fourth-order valence-electron chi connectivity index (χ4n) is 0.900. The van der Waals surface area contributed by atoms with Crippen LogP contribution < -0.4 is 5.73 Å². The molecule has 0 amide bonds. The number of anilines is 1. The van der Waals surface area contributed by atoms with Crippen LogP contribution in [-0.4, -0.2) is 18.2 Å². The highest BCUT2D eigenvalue weighted by molar-refractivity contribution is 5.94. The molecule has 0 fully saturated rings. The molecule has 0 saturated carbocycles. The van der Waals surface area contributed by atoms with Crippen molar-refractivity contribution in [2.24, 2.45) is 0 Å². The van der Waals surface area contributed by atoms with Crippen LogP contribution in [0.3, 0.4) is 0 Å². The van der Waals surface area contributed by atoms with E-state index >= 15 is 0 Å². The Morgan fingerprint density at radius 1 is 1.75 bits per heavy atom. The van der Waals surface area contributed by atoms with Crippen molar-refractivity contribution < 1.29 is 14.1 Å². The van der Waals surface area contributed by atoms with Crippen LogP contribution >= 0.6 is 0 Å². The van der Waals surface area contributed by atoms with Gasteiger partial charge in [-0.25, -0.2) is 4.79 Å². The first-order valence-electron chi connectivity index (χ1n) is 3.53. The van der Waals surface area contributed by atoms with Gasteiger partial charge in [0.2, 0.25) is 0 Å². The monoisotopic (exact) mass is 170 g/mol. The summed E-state index contributed by atoms with van der Waals surface area (Å²) < 4.78 is 9.29. The molecule has 12 heavy (non-hydrogen) atoms. The molecule has 0 radical (unpaired) electrons. The lowest BCUT2D eigenvalue weighted by Crippen LogP contribution is -2.06. The Morgan fingerprint density at radius 3 is 2.92 bits per heavy atom. The molecule has 1 aromatic rings. The summed E-state index contributed by atoms with van der Waals surface area (Å²) >= 11 is 0. The van der Waals surface area contributed by atoms with Crippen LogP contribution in [-0.2, 0) is 11.2 Å². The first kappa shape index (κ1) is 8.58. The van der Waals surface area contributed by atoms with Gasteiger partial charge in [-0.05, 0) is 0 Å². The highest BCUT2D eigenvalue weighted by Gasteiger charge is 2.20. The van der Waals surface area contributed by atoms with E-state index in [0.717, 1.165) is 0 Å². The van der Waals surface area contributed by atoms with Crippen molar-refractivity contribution >= 4 is 11.8 Å². The second kappa shape index (κ2) is 3.25. The molecule has 0 spiro atoms. The van der Waals surface area contributed by atoms with E-state index in [1.807, 2.05) is 6.92 Å². The van der Waals surface area contributed by atoms with Gasteiger partial charge >= 0.3 is 5.97 Å². The molecular formula is C7H10N2O3. The third-order valence-corrected chi connectivity index (χ3v) is 1.50. The number of esters is 1. The summed E-state index contributed by atoms with van der Waals surface area (Å²) in [5, 5.41) is 3.46. The molecule has 0 aliphatic heterocycles. The standard InChI is InChI=1S/C7H10N2O3/c1-3-4-5(7(10)11-2)6(8)9-12-4/h3H2,1-2H3,(H2,8,9). The Bertz CT molecular complexity index is 293. The fraction of sp³-hybridized carbons (Fsp3) is 0.429. The number of carbonyl (C=O) groups is 1. The molecule has 1 aromatic heterocycles. The number of nitrogens with two attached hydrogens (primary N) is 1. The predicted molar refractivity (Wildman–Crippen MR) is 41.6 cm³/mol. The maximum Gasteiger partial charge on any atom is 0.345 e. The van der Waals surface area contributed by atoms with E-state index in [1.54, 1.807) is 0 Å². The number of nitrogens with zero attached hydrogens (tertiary/aromatic N) is 1. The number of hydrogen-bond acceptors (Lipinski definition) is 5. The predicted octanol–water partition coefficient (Wildman–Crippen LogP) is 0.606. The Labute approximate surface area is 69.5 Å². The van der Waals surface area contributed by atoms with Crippen molar-refractivity contribution in [1.82, 2.24) is 5.16 Å². The normalized spacial score (nSPS) is 9.83. The van der Waals surface area contributed by atoms with E-state index in [4.69, 9.17) is 10.3 Å². The number of aromatic nitrogens is 1. The molecule has 1 rings (SSSR count). The van der Waals surface area contributed by atoms with E-state index in [-0.39, 0.29) is 11.4 Å². The molecule has 2 N–H and O–H groups in total. The van der Waals surface area contributed by atoms with Gasteiger partial charge in [-0.3, -0.25) is 0 Å². The van der Waals surface area contributed by atoms with Gasteiger partial charge in [-0.1, -0.05) is 12.1 Å². The molecule has 0 bridgehead atoms. The lowest BCUT2D eigenvalue weighted by atomic mass is 10.2. The number of nitrogen functional groups attached to an aromatic ring is 1. The van der Waals surface area contributed by atoms with Crippen LogP contribution in [0, 0.1) is 0 Å². The largest absolute Gasteiger partial charge is 0.465 e. The highest BCUT2D eigenvalue weighted by Crippen LogP contribution is 2.17. The minimum atomic E-state index is -0.509. The number of methoxy groups -OCH3 is 1. The molecule has 0 aliphatic rings. The fourth-order valence-corrected chi connectivity index (χ4v) is 0.900. The Hall–Kier alpha value is -1.52. The minimum Gasteiger partial charge on any atom is -0.465 e. The number of rotatable bonds is 2. The van der Waals surface area contributed by atoms with Crippen molar-refractivity contribution in [2.45, 2.75) is 13.3 Å². The van der Waals surface area contributed by atoms with Gasteiger partial charge in [0, 0.05) is 6.42 Å². The van der Waals surface area contributed by atoms with E-state index in [0.29, 0.717) is 12.2 Å². The van der Waals surface area contributed by atoms with Crippen molar-refractivity contribution in [1.29, 1.82) is 0 Å². The van der Waals surface area contributed by atoms with Crippen molar-refractivity contribution in [3.05, 3.63) is 11.3 Å². The summed E-state index contributed by atoms with van der Waals surface area (Å²) in [4.78, 5) is 11.1. The van der Waals surface area contributed by atoms with Crippen LogP contribution in [0.5, 0.6) is 0 Å². The summed E-state index contributed by atoms with van der Waals surface area (Å²) in [5.74, 6) is 0.0312. The maximum absolute atomic E-state index is 11.1. The average molecular weight is 170 g/mol. The smallest absolute Gasteiger partial charge is 0.345 e. The number of hydrogen-bond donors (Lipinski definition) is 1. The van der Waals surface area contributed by atoms with Crippen LogP contribution in [0.2, 0.25) is 0 Å². The van der Waals surface area contributed by atoms with Crippen LogP contribution in [0.25, 0.3) is 0 Å². The lowest BCUT2D eigenvalue weighted by molar-refractivity contribution is 0.0599. The van der Waals surface area contributed by atoms with Crippen molar-refractivity contribution in [2.75, 3.05) is 12.8 Å². The molecule has 0 atom stereocenters. The van der Waals surface area contributed by atoms with E-state index in [1.165, 1.54) is 7.11 Å². The van der Waals surface area contributed by atoms with E-state index in [9.17, 15) is 4.79 Å². The molecular weight excluding hydrogens is 160 g/mol. The van der Waals surface area contributed by atoms with Crippen molar-refractivity contribution in [3.8, 4) is 0 Å². The third-order valence-electron chi connectivity index (χ3n) is 1.50. The molecule has 1 heterocycles. The summed E-state index contributed by atoms with van der Waals surface area (Å²) in [5.41, 5.74) is 5.62. The zero-order chi connectivity index (χ0) is 9.14. The molecule has 0 aliphatic carbocycles. The second-order valence-electron chi connectivity index (χ2n) is 2.21. The minimum absolute atomic E-state index is 0.0821. The summed E-state index contributed by atoms with van der Waals surface area (Å²) in [7, 11) is 1.29. The summed E-state index contributed by atoms with van der Waals surface area (Å²) in [6.45, 7) is 1.84. The van der Waals surface area contributed by atoms with E-state index < -0.39 is 5.97 Å². The zero-order valence-electron chi connectivity index (χ0n) is 6.96. The zero-order valence-corrected chi connectivity index (χ0v) is 6.96. The molecule has 0 aromatic carbocycles. The molecule has 0 saturated heterocycles. The van der Waals surface area contributed by atoms with Gasteiger partial charge < -0.3 is 15.0 Å². The Morgan fingerprint density at radius 2 is 2.42 bits per heavy atom. The highest BCUT2D eigenvalue weighted by atomic mass is 16.5. The Balaban J connectivity index is 3.10. The first-order valence-corrected chi connectivity index (χ1v) is 3.53. The van der Waals surface area contributed by atoms with Crippen LogP contribution in [0.4, 0.5) is 5.82 Å². The van der Waals surface area contributed by atoms with E-state index in [2.05, 4.69) is 9.89 Å². The van der Waals surface area contributed by atoms with Gasteiger partial charge in [0.05, 0.1) is 7.11 Å². The topological polar surface area (TPSA) is 78.4 Å². The van der Waals surface area contributed by atoms with Gasteiger partial charge in [-0.2, -0.15) is 0 Å². The average Bonchev–Trinajstić information content (AvgIpc) is 2.45. The Kier molecular flexibility index (Phi) is 2.32. The second-order valence-corrected chi connectivity index (χ2v) is 2.21. The molecule has 5 heteroatoms. The SMILES string of the molecule is CCc1onc(N)c1C(=O)OC. The number of carbonyl (C=O) groups excluding carboxylic acids is 1. The van der Waals surface area contributed by atoms with Gasteiger partial charge in [0.1, 0.15) is 5.56 Å². The van der Waals surface area contributed by atoms with Crippen molar-refractivity contribution in [3.63, 3.8) is 0 Å². The van der Waals surface area contributed by atoms with Crippen LogP contribution in [0.1, 0.15) is 23.0 Å². The van der Waals surface area contributed by atoms with Crippen LogP contribution in [0.15, 0.2) is 4.52 Å². The summed E-state index contributed by atoms with van der Waals surface area (Å²) in [6, 6.07) is 0. The quantitative estimate of drug-likeness (QED) is 0.657. The molecule has 66 valence electrons. The summed E-state index contributed by atoms with van der Waals surface area (Å²) in [6.07, 6.45) is 0.564. The number of ether oxygens (including phenoxy) is 1. The van der Waals surface area contributed by atoms with Gasteiger partial charge in [-0.15, -0.1) is 0 Å². The maximum atomic E-state index is 11.1. The lowest BCUT2D eigenvalue weighted by Gasteiger charge is -1.96. The third kappa shape index (κ3) is 1.25. The molecule has 0 unspecified atom stereocenters. The molecule has 5 nitrogen and oxygen atoms in total. The van der Waals surface area contributed by atoms with Gasteiger partial charge in [0.25, 0.3) is 0 Å². The van der Waals surface area contributed by atoms with Gasteiger partial charge in [0.15, 0.2) is 11.6 Å². The number of aryl methyl sites for hydroxylation is 1. The first-order chi connectivity index (χ1) is 5.70.